The molecule has 6 heteroatoms. The van der Waals surface area contributed by atoms with Crippen LogP contribution in [0.3, 0.4) is 0 Å². The lowest BCUT2D eigenvalue weighted by Crippen LogP contribution is -2.18. The topological polar surface area (TPSA) is 76.0 Å². The van der Waals surface area contributed by atoms with Gasteiger partial charge in [0.15, 0.2) is 9.84 Å². The Labute approximate surface area is 123 Å². The molecule has 0 saturated heterocycles. The van der Waals surface area contributed by atoms with Gasteiger partial charge in [-0.15, -0.1) is 0 Å². The molecule has 2 rings (SSSR count). The van der Waals surface area contributed by atoms with Gasteiger partial charge in [-0.1, -0.05) is 25.1 Å². The van der Waals surface area contributed by atoms with Crippen molar-refractivity contribution in [3.8, 4) is 0 Å². The maximum Gasteiger partial charge on any atom is 0.183 e. The maximum atomic E-state index is 12.7. The molecule has 0 radical (unpaired) electrons. The molecule has 0 aliphatic rings. The van der Waals surface area contributed by atoms with E-state index in [2.05, 4.69) is 11.6 Å². The number of hydrogen-bond acceptors (Lipinski definition) is 3. The number of halogens is 1. The van der Waals surface area contributed by atoms with Gasteiger partial charge in [0.25, 0.3) is 0 Å². The second kappa shape index (κ2) is 5.14. The Kier molecular flexibility index (Phi) is 3.84. The summed E-state index contributed by atoms with van der Waals surface area (Å²) in [6, 6.07) is 5.07. The van der Waals surface area contributed by atoms with Crippen LogP contribution in [-0.2, 0) is 9.84 Å². The Hall–Kier alpha value is -1.46. The number of rotatable bonds is 4. The Morgan fingerprint density at radius 2 is 2.15 bits per heavy atom. The molecule has 108 valence electrons. The second-order valence-corrected chi connectivity index (χ2v) is 7.55. The van der Waals surface area contributed by atoms with Gasteiger partial charge >= 0.3 is 0 Å². The van der Waals surface area contributed by atoms with Gasteiger partial charge in [-0.05, 0) is 31.5 Å². The standard InChI is InChI=1S/C14H17ClN2O2S/c1-4-8(2)20(18,19)14-11-7-10(15)5-6-12(11)17-13(14)9(3)16/h5-8,17H,3-4,16H2,1-2H3. The molecule has 4 nitrogen and oxygen atoms in total. The predicted octanol–water partition coefficient (Wildman–Crippen LogP) is 3.32. The van der Waals surface area contributed by atoms with E-state index in [-0.39, 0.29) is 10.6 Å². The first-order valence-corrected chi connectivity index (χ1v) is 8.21. The lowest BCUT2D eigenvalue weighted by Gasteiger charge is -2.12. The fourth-order valence-corrected chi connectivity index (χ4v) is 4.04. The summed E-state index contributed by atoms with van der Waals surface area (Å²) in [4.78, 5) is 3.21. The minimum Gasteiger partial charge on any atom is -0.397 e. The van der Waals surface area contributed by atoms with Crippen LogP contribution in [-0.4, -0.2) is 18.7 Å². The number of aromatic amines is 1. The van der Waals surface area contributed by atoms with Crippen molar-refractivity contribution in [2.24, 2.45) is 5.73 Å². The highest BCUT2D eigenvalue weighted by Gasteiger charge is 2.29. The van der Waals surface area contributed by atoms with Gasteiger partial charge in [0.1, 0.15) is 4.90 Å². The van der Waals surface area contributed by atoms with Crippen molar-refractivity contribution in [3.63, 3.8) is 0 Å². The summed E-state index contributed by atoms with van der Waals surface area (Å²) < 4.78 is 25.4. The van der Waals surface area contributed by atoms with Crippen molar-refractivity contribution >= 4 is 38.0 Å². The monoisotopic (exact) mass is 312 g/mol. The first-order valence-electron chi connectivity index (χ1n) is 6.29. The zero-order valence-electron chi connectivity index (χ0n) is 11.4. The van der Waals surface area contributed by atoms with Gasteiger partial charge in [0.05, 0.1) is 10.9 Å². The van der Waals surface area contributed by atoms with Crippen molar-refractivity contribution < 1.29 is 8.42 Å². The summed E-state index contributed by atoms with van der Waals surface area (Å²) in [7, 11) is -3.50. The van der Waals surface area contributed by atoms with Gasteiger partial charge in [0, 0.05) is 21.6 Å². The van der Waals surface area contributed by atoms with Crippen molar-refractivity contribution in [1.82, 2.24) is 4.98 Å². The van der Waals surface area contributed by atoms with E-state index in [9.17, 15) is 8.42 Å². The molecular formula is C14H17ClN2O2S. The Morgan fingerprint density at radius 1 is 1.50 bits per heavy atom. The Bertz CT molecular complexity index is 778. The van der Waals surface area contributed by atoms with Crippen molar-refractivity contribution in [2.45, 2.75) is 30.4 Å². The smallest absolute Gasteiger partial charge is 0.183 e. The Balaban J connectivity index is 2.88. The van der Waals surface area contributed by atoms with Crippen LogP contribution in [0.15, 0.2) is 29.7 Å². The van der Waals surface area contributed by atoms with E-state index in [1.54, 1.807) is 25.1 Å². The lowest BCUT2D eigenvalue weighted by atomic mass is 10.2. The molecule has 0 amide bonds. The summed E-state index contributed by atoms with van der Waals surface area (Å²) in [5, 5.41) is 0.532. The molecule has 2 aromatic rings. The summed E-state index contributed by atoms with van der Waals surface area (Å²) in [5.41, 5.74) is 6.95. The van der Waals surface area contributed by atoms with E-state index in [1.165, 1.54) is 0 Å². The molecule has 0 aliphatic carbocycles. The van der Waals surface area contributed by atoms with Crippen LogP contribution in [0.2, 0.25) is 5.02 Å². The number of nitrogens with one attached hydrogen (secondary N) is 1. The minimum absolute atomic E-state index is 0.192. The molecule has 20 heavy (non-hydrogen) atoms. The number of H-pyrrole nitrogens is 1. The second-order valence-electron chi connectivity index (χ2n) is 4.81. The van der Waals surface area contributed by atoms with Crippen LogP contribution in [0.5, 0.6) is 0 Å². The summed E-state index contributed by atoms with van der Waals surface area (Å²) in [6.07, 6.45) is 0.520. The van der Waals surface area contributed by atoms with Gasteiger partial charge in [-0.25, -0.2) is 8.42 Å². The highest BCUT2D eigenvalue weighted by molar-refractivity contribution is 7.92. The third-order valence-corrected chi connectivity index (χ3v) is 6.04. The Morgan fingerprint density at radius 3 is 2.70 bits per heavy atom. The zero-order chi connectivity index (χ0) is 15.1. The maximum absolute atomic E-state index is 12.7. The normalized spacial score (nSPS) is 13.6. The van der Waals surface area contributed by atoms with E-state index >= 15 is 0 Å². The first kappa shape index (κ1) is 14.9. The molecule has 0 bridgehead atoms. The van der Waals surface area contributed by atoms with Crippen LogP contribution < -0.4 is 5.73 Å². The fourth-order valence-electron chi connectivity index (χ4n) is 2.08. The van der Waals surface area contributed by atoms with Crippen molar-refractivity contribution in [2.75, 3.05) is 0 Å². The number of nitrogens with two attached hydrogens (primary N) is 1. The van der Waals surface area contributed by atoms with Crippen LogP contribution in [0.25, 0.3) is 16.6 Å². The van der Waals surface area contributed by atoms with Crippen LogP contribution in [0.1, 0.15) is 26.0 Å². The zero-order valence-corrected chi connectivity index (χ0v) is 13.0. The number of fused-ring (bicyclic) bond motifs is 1. The van der Waals surface area contributed by atoms with Crippen molar-refractivity contribution in [3.05, 3.63) is 35.5 Å². The number of hydrogen-bond donors (Lipinski definition) is 2. The summed E-state index contributed by atoms with van der Waals surface area (Å²) in [6.45, 7) is 7.17. The van der Waals surface area contributed by atoms with Crippen LogP contribution >= 0.6 is 11.6 Å². The van der Waals surface area contributed by atoms with Gasteiger partial charge < -0.3 is 10.7 Å². The molecule has 3 N–H and O–H groups in total. The third-order valence-electron chi connectivity index (χ3n) is 3.42. The van der Waals surface area contributed by atoms with E-state index in [4.69, 9.17) is 17.3 Å². The number of sulfone groups is 1. The molecule has 1 aromatic carbocycles. The summed E-state index contributed by atoms with van der Waals surface area (Å²) in [5.74, 6) is 0. The predicted molar refractivity (Wildman–Crippen MR) is 83.5 cm³/mol. The van der Waals surface area contributed by atoms with Gasteiger partial charge in [-0.3, -0.25) is 0 Å². The molecule has 1 aromatic heterocycles. The molecule has 1 unspecified atom stereocenters. The molecule has 0 spiro atoms. The number of benzene rings is 1. The average Bonchev–Trinajstić information content (AvgIpc) is 2.76. The lowest BCUT2D eigenvalue weighted by molar-refractivity contribution is 0.581. The number of aromatic nitrogens is 1. The van der Waals surface area contributed by atoms with Gasteiger partial charge in [-0.2, -0.15) is 0 Å². The summed E-state index contributed by atoms with van der Waals surface area (Å²) >= 11 is 5.98. The molecule has 1 atom stereocenters. The molecule has 0 fully saturated rings. The van der Waals surface area contributed by atoms with Crippen LogP contribution in [0, 0.1) is 0 Å². The minimum atomic E-state index is -3.50. The SMILES string of the molecule is C=C(N)c1[nH]c2ccc(Cl)cc2c1S(=O)(=O)C(C)CC. The van der Waals surface area contributed by atoms with E-state index in [0.29, 0.717) is 28.0 Å². The van der Waals surface area contributed by atoms with E-state index in [1.807, 2.05) is 6.92 Å². The van der Waals surface area contributed by atoms with Crippen LogP contribution in [0.4, 0.5) is 0 Å². The third kappa shape index (κ3) is 2.31. The molecule has 0 saturated carbocycles. The van der Waals surface area contributed by atoms with E-state index in [0.717, 1.165) is 0 Å². The largest absolute Gasteiger partial charge is 0.397 e. The first-order chi connectivity index (χ1) is 9.28. The fraction of sp³-hybridized carbons (Fsp3) is 0.286. The molecule has 0 aliphatic heterocycles. The average molecular weight is 313 g/mol. The highest BCUT2D eigenvalue weighted by Crippen LogP contribution is 2.34. The molecular weight excluding hydrogens is 296 g/mol. The van der Waals surface area contributed by atoms with Gasteiger partial charge in [0.2, 0.25) is 0 Å². The van der Waals surface area contributed by atoms with Crippen molar-refractivity contribution in [1.29, 1.82) is 0 Å². The quantitative estimate of drug-likeness (QED) is 0.909. The molecule has 1 heterocycles. The van der Waals surface area contributed by atoms with E-state index < -0.39 is 15.1 Å². The highest BCUT2D eigenvalue weighted by atomic mass is 35.5.